The van der Waals surface area contributed by atoms with E-state index in [1.54, 1.807) is 67.4 Å². The summed E-state index contributed by atoms with van der Waals surface area (Å²) in [5.41, 5.74) is 2.32. The quantitative estimate of drug-likeness (QED) is 0.102. The number of piperidine rings is 1. The number of carbonyl (C=O) groups excluding carboxylic acids is 7. The summed E-state index contributed by atoms with van der Waals surface area (Å²) in [6.45, 7) is 17.7. The summed E-state index contributed by atoms with van der Waals surface area (Å²) in [7, 11) is 6.15. The van der Waals surface area contributed by atoms with Crippen molar-refractivity contribution in [1.29, 1.82) is 0 Å². The number of hydrogen-bond acceptors (Lipinski definition) is 21. The van der Waals surface area contributed by atoms with Crippen molar-refractivity contribution < 1.29 is 72.2 Å². The minimum Gasteiger partial charge on any atom is -0.460 e. The summed E-state index contributed by atoms with van der Waals surface area (Å²) in [4.78, 5) is 123. The molecular formula is C69H101N9O15. The number of amides is 3. The lowest BCUT2D eigenvalue weighted by Gasteiger charge is -2.42. The fraction of sp³-hybridized carbons (Fsp3) is 0.667. The lowest BCUT2D eigenvalue weighted by Crippen LogP contribution is -2.61. The Morgan fingerprint density at radius 3 is 2.10 bits per heavy atom. The molecule has 1 saturated carbocycles. The molecule has 3 saturated heterocycles. The smallest absolute Gasteiger partial charge is 0.410 e. The van der Waals surface area contributed by atoms with Gasteiger partial charge in [-0.25, -0.2) is 29.5 Å². The molecule has 24 heteroatoms. The third-order valence-electron chi connectivity index (χ3n) is 19.2. The highest BCUT2D eigenvalue weighted by atomic mass is 16.6. The number of esters is 1. The molecule has 512 valence electrons. The number of ether oxygens (including phenoxy) is 6. The number of allylic oxidation sites excluding steroid dienone is 6. The minimum absolute atomic E-state index is 0.0132. The summed E-state index contributed by atoms with van der Waals surface area (Å²) >= 11 is 0. The Morgan fingerprint density at radius 2 is 1.46 bits per heavy atom. The zero-order valence-electron chi connectivity index (χ0n) is 56.6. The number of aliphatic hydroxyl groups is 2. The molecule has 0 aromatic carbocycles. The molecule has 2 aromatic rings. The molecule has 5 aliphatic rings. The summed E-state index contributed by atoms with van der Waals surface area (Å²) in [5, 5.41) is 26.5. The number of Topliss-reactive ketones (excluding diaryl/α,β-unsaturated/α-hetero) is 3. The summed E-state index contributed by atoms with van der Waals surface area (Å²) in [5.74, 6) is -7.74. The average Bonchev–Trinajstić information content (AvgIpc) is 0.787. The van der Waals surface area contributed by atoms with E-state index < -0.39 is 102 Å². The van der Waals surface area contributed by atoms with Crippen molar-refractivity contribution in [3.05, 3.63) is 83.5 Å². The topological polar surface area (TPSA) is 292 Å². The van der Waals surface area contributed by atoms with Crippen molar-refractivity contribution in [2.75, 3.05) is 77.4 Å². The van der Waals surface area contributed by atoms with Crippen LogP contribution in [0.5, 0.6) is 0 Å². The summed E-state index contributed by atoms with van der Waals surface area (Å²) < 4.78 is 36.2. The van der Waals surface area contributed by atoms with Gasteiger partial charge < -0.3 is 63.6 Å². The van der Waals surface area contributed by atoms with Gasteiger partial charge in [0.1, 0.15) is 36.2 Å². The first-order chi connectivity index (χ1) is 44.4. The standard InChI is InChI=1S/C69H101N9O15/c1-13-70-63(83)51-39-73-67(74-40-51)77-29-27-76(28-30-77)66-71-37-50(38-72-66)41-75(9)68(86)92-55-25-23-49(34-58(55)89-11)33-45(5)57-36-54(79)44(4)32-47(7)60(81)61(90-12)59(80)46(6)31-42(2)19-15-14-16-20-43(3)56(88-10)35-52-24-22-48(8)69(87,93-52)62(82)64(84)78-26-18-17-21-53(78)65(85)91-57/h14-16,19-20,32,37-40,42,44-46,48-49,52-53,55-58,60-61,81,87H,13,17-18,21-31,33-36,41H2,1-12H3,(H,70,83)/b16-14+,19-15+,43-20+,47-32+/t42-,44-,45-,46-,48-,49+,52+,53+,55-,56+,57+,58-,60-,61+,69-/m1/s1. The molecule has 0 unspecified atom stereocenters. The predicted molar refractivity (Wildman–Crippen MR) is 347 cm³/mol. The van der Waals surface area contributed by atoms with Gasteiger partial charge in [0.2, 0.25) is 17.7 Å². The van der Waals surface area contributed by atoms with Crippen LogP contribution in [0.4, 0.5) is 16.7 Å². The lowest BCUT2D eigenvalue weighted by molar-refractivity contribution is -0.265. The minimum atomic E-state index is -2.48. The Kier molecular flexibility index (Phi) is 27.3. The number of carbonyl (C=O) groups is 7. The third-order valence-corrected chi connectivity index (χ3v) is 19.2. The first kappa shape index (κ1) is 73.6. The molecule has 4 aliphatic heterocycles. The van der Waals surface area contributed by atoms with Gasteiger partial charge >= 0.3 is 12.1 Å². The molecule has 4 fully saturated rings. The molecular weight excluding hydrogens is 1190 g/mol. The van der Waals surface area contributed by atoms with E-state index in [0.29, 0.717) is 119 Å². The Hall–Kier alpha value is -6.83. The molecule has 3 amide bonds. The van der Waals surface area contributed by atoms with Gasteiger partial charge in [-0.1, -0.05) is 71.1 Å². The molecule has 2 bridgehead atoms. The van der Waals surface area contributed by atoms with E-state index >= 15 is 0 Å². The van der Waals surface area contributed by atoms with E-state index in [0.717, 1.165) is 5.57 Å². The van der Waals surface area contributed by atoms with Crippen LogP contribution >= 0.6 is 0 Å². The number of anilines is 2. The molecule has 2 aromatic heterocycles. The first-order valence-electron chi connectivity index (χ1n) is 33.2. The van der Waals surface area contributed by atoms with E-state index in [2.05, 4.69) is 30.2 Å². The van der Waals surface area contributed by atoms with E-state index in [9.17, 15) is 43.8 Å². The van der Waals surface area contributed by atoms with E-state index in [1.807, 2.05) is 63.0 Å². The van der Waals surface area contributed by atoms with Gasteiger partial charge in [0.05, 0.1) is 30.4 Å². The van der Waals surface area contributed by atoms with Crippen LogP contribution in [0.2, 0.25) is 0 Å². The number of ketones is 3. The molecule has 24 nitrogen and oxygen atoms in total. The van der Waals surface area contributed by atoms with Crippen molar-refractivity contribution in [2.45, 2.75) is 194 Å². The number of piperazine rings is 1. The van der Waals surface area contributed by atoms with Crippen LogP contribution in [-0.2, 0) is 58.9 Å². The van der Waals surface area contributed by atoms with Gasteiger partial charge in [-0.3, -0.25) is 24.0 Å². The molecule has 93 heavy (non-hydrogen) atoms. The summed E-state index contributed by atoms with van der Waals surface area (Å²) in [6.07, 6.45) is 15.9. The Bertz CT molecular complexity index is 2990. The van der Waals surface area contributed by atoms with Crippen molar-refractivity contribution in [3.63, 3.8) is 0 Å². The number of hydrogen-bond donors (Lipinski definition) is 3. The number of nitrogens with one attached hydrogen (secondary N) is 1. The second kappa shape index (κ2) is 34.5. The number of methoxy groups -OCH3 is 3. The maximum Gasteiger partial charge on any atom is 0.410 e. The molecule has 1 aliphatic carbocycles. The summed E-state index contributed by atoms with van der Waals surface area (Å²) in [6, 6.07) is -1.21. The lowest BCUT2D eigenvalue weighted by atomic mass is 9.78. The SMILES string of the molecule is CCNC(=O)c1cnc(N2CCN(c3ncc(CN(C)C(=O)O[C@@H]4CC[C@@H](C[C@@H](C)[C@@H]5CC(=O)[C@H](C)/C=C(\C)[C@@H](O)[C@@H](OC)C(=O)[C@H](C)C[C@H](C)/C=C/C=C/C=C(\C)[C@@H](OC)C[C@@H]6CC[C@@H](C)[C@@](O)(O6)C(=O)C(=O)N6CCCC[C@H]6C(=O)O5)C[C@H]4OC)cn3)CC2)nc1. The maximum atomic E-state index is 14.8. The highest BCUT2D eigenvalue weighted by Crippen LogP contribution is 2.38. The van der Waals surface area contributed by atoms with Gasteiger partial charge in [0, 0.05) is 129 Å². The van der Waals surface area contributed by atoms with Crippen LogP contribution in [0.3, 0.4) is 0 Å². The number of cyclic esters (lactones) is 1. The molecule has 15 atom stereocenters. The van der Waals surface area contributed by atoms with Crippen LogP contribution < -0.4 is 15.1 Å². The maximum absolute atomic E-state index is 14.8. The van der Waals surface area contributed by atoms with Crippen LogP contribution in [0.1, 0.15) is 148 Å². The van der Waals surface area contributed by atoms with Crippen LogP contribution in [-0.4, -0.2) is 203 Å². The Balaban J connectivity index is 1.03. The fourth-order valence-corrected chi connectivity index (χ4v) is 13.4. The zero-order chi connectivity index (χ0) is 67.7. The number of aliphatic hydroxyl groups excluding tert-OH is 1. The first-order valence-corrected chi connectivity index (χ1v) is 33.2. The number of aromatic nitrogens is 4. The molecule has 6 heterocycles. The normalized spacial score (nSPS) is 32.6. The molecule has 3 N–H and O–H groups in total. The van der Waals surface area contributed by atoms with Crippen molar-refractivity contribution in [1.82, 2.24) is 35.1 Å². The number of nitrogens with zero attached hydrogens (tertiary/aromatic N) is 8. The largest absolute Gasteiger partial charge is 0.460 e. The third kappa shape index (κ3) is 19.4. The molecule has 7 rings (SSSR count). The van der Waals surface area contributed by atoms with Gasteiger partial charge in [-0.05, 0) is 114 Å². The zero-order valence-corrected chi connectivity index (χ0v) is 56.6. The second-order valence-corrected chi connectivity index (χ2v) is 26.3. The van der Waals surface area contributed by atoms with Gasteiger partial charge in [-0.15, -0.1) is 0 Å². The van der Waals surface area contributed by atoms with Crippen molar-refractivity contribution in [2.24, 2.45) is 35.5 Å². The fourth-order valence-electron chi connectivity index (χ4n) is 13.4. The van der Waals surface area contributed by atoms with Crippen LogP contribution in [0.15, 0.2) is 72.4 Å². The van der Waals surface area contributed by atoms with E-state index in [4.69, 9.17) is 28.4 Å². The average molecular weight is 1300 g/mol. The number of rotatable bonds is 13. The van der Waals surface area contributed by atoms with Crippen molar-refractivity contribution >= 4 is 53.1 Å². The van der Waals surface area contributed by atoms with E-state index in [-0.39, 0.29) is 61.7 Å². The number of fused-ring (bicyclic) bond motifs is 3. The van der Waals surface area contributed by atoms with Crippen molar-refractivity contribution in [3.8, 4) is 0 Å². The monoisotopic (exact) mass is 1300 g/mol. The van der Waals surface area contributed by atoms with Gasteiger partial charge in [0.25, 0.3) is 17.6 Å². The van der Waals surface area contributed by atoms with Gasteiger partial charge in [0.15, 0.2) is 5.78 Å². The van der Waals surface area contributed by atoms with Crippen LogP contribution in [0.25, 0.3) is 0 Å². The Labute approximate surface area is 548 Å². The predicted octanol–water partition coefficient (Wildman–Crippen LogP) is 7.11. The van der Waals surface area contributed by atoms with Gasteiger partial charge in [-0.2, -0.15) is 0 Å². The highest BCUT2D eigenvalue weighted by Gasteiger charge is 2.53. The molecule has 0 spiro atoms. The second-order valence-electron chi connectivity index (χ2n) is 26.3. The Morgan fingerprint density at radius 1 is 0.796 bits per heavy atom. The van der Waals surface area contributed by atoms with E-state index in [1.165, 1.54) is 29.3 Å². The molecule has 0 radical (unpaired) electrons. The van der Waals surface area contributed by atoms with Crippen LogP contribution in [0, 0.1) is 35.5 Å². The highest BCUT2D eigenvalue weighted by molar-refractivity contribution is 6.39.